The Morgan fingerprint density at radius 3 is 2.64 bits per heavy atom. The number of carbonyl (C=O) groups excluding carboxylic acids is 1. The van der Waals surface area contributed by atoms with Gasteiger partial charge in [0.25, 0.3) is 0 Å². The first-order chi connectivity index (χ1) is 13.3. The number of rotatable bonds is 6. The molecule has 7 nitrogen and oxygen atoms in total. The lowest BCUT2D eigenvalue weighted by atomic mass is 10.3. The molecular formula is C18H23BrN4O3S2. The van der Waals surface area contributed by atoms with Crippen LogP contribution in [0.4, 0.5) is 5.13 Å². The standard InChI is InChI=1S/C18H23BrN4O3S2/c1-14-13-27-18(21-14)23-10-2-9-22(11-12-23)17(24)7-8-20-28(25,26)16-5-3-15(19)4-6-16/h3-6,13,20H,2,7-12H2,1H3. The van der Waals surface area contributed by atoms with E-state index in [0.29, 0.717) is 13.1 Å². The molecule has 3 rings (SSSR count). The number of nitrogens with zero attached hydrogens (tertiary/aromatic N) is 3. The highest BCUT2D eigenvalue weighted by molar-refractivity contribution is 9.10. The molecule has 28 heavy (non-hydrogen) atoms. The number of nitrogens with one attached hydrogen (secondary N) is 1. The molecule has 1 aliphatic heterocycles. The Balaban J connectivity index is 1.49. The summed E-state index contributed by atoms with van der Waals surface area (Å²) >= 11 is 4.90. The van der Waals surface area contributed by atoms with Gasteiger partial charge in [-0.1, -0.05) is 15.9 Å². The molecule has 0 radical (unpaired) electrons. The van der Waals surface area contributed by atoms with Crippen molar-refractivity contribution in [1.29, 1.82) is 0 Å². The highest BCUT2D eigenvalue weighted by Gasteiger charge is 2.21. The number of thiazole rings is 1. The number of hydrogen-bond acceptors (Lipinski definition) is 6. The normalized spacial score (nSPS) is 15.5. The Hall–Kier alpha value is -1.49. The van der Waals surface area contributed by atoms with E-state index in [4.69, 9.17) is 0 Å². The minimum atomic E-state index is -3.61. The Kier molecular flexibility index (Phi) is 7.08. The van der Waals surface area contributed by atoms with Gasteiger partial charge in [0.1, 0.15) is 0 Å². The van der Waals surface area contributed by atoms with E-state index in [0.717, 1.165) is 34.8 Å². The quantitative estimate of drug-likeness (QED) is 0.678. The number of hydrogen-bond donors (Lipinski definition) is 1. The molecule has 1 fully saturated rings. The van der Waals surface area contributed by atoms with Crippen LogP contribution in [0.1, 0.15) is 18.5 Å². The highest BCUT2D eigenvalue weighted by Crippen LogP contribution is 2.21. The molecule has 10 heteroatoms. The zero-order valence-electron chi connectivity index (χ0n) is 15.6. The summed E-state index contributed by atoms with van der Waals surface area (Å²) in [4.78, 5) is 21.2. The second kappa shape index (κ2) is 9.34. The van der Waals surface area contributed by atoms with Crippen molar-refractivity contribution >= 4 is 48.3 Å². The minimum absolute atomic E-state index is 0.0318. The average molecular weight is 487 g/mol. The van der Waals surface area contributed by atoms with Crippen LogP contribution in [-0.2, 0) is 14.8 Å². The average Bonchev–Trinajstić information content (AvgIpc) is 2.94. The molecule has 0 saturated carbocycles. The van der Waals surface area contributed by atoms with Gasteiger partial charge in [0.2, 0.25) is 15.9 Å². The van der Waals surface area contributed by atoms with Gasteiger partial charge in [-0.25, -0.2) is 18.1 Å². The van der Waals surface area contributed by atoms with E-state index >= 15 is 0 Å². The van der Waals surface area contributed by atoms with Crippen molar-refractivity contribution in [1.82, 2.24) is 14.6 Å². The predicted octanol–water partition coefficient (Wildman–Crippen LogP) is 2.62. The predicted molar refractivity (Wildman–Crippen MR) is 114 cm³/mol. The van der Waals surface area contributed by atoms with Gasteiger partial charge in [-0.2, -0.15) is 0 Å². The number of anilines is 1. The number of halogens is 1. The third-order valence-corrected chi connectivity index (χ3v) is 7.51. The largest absolute Gasteiger partial charge is 0.346 e. The maximum Gasteiger partial charge on any atom is 0.240 e. The van der Waals surface area contributed by atoms with Crippen LogP contribution < -0.4 is 9.62 Å². The third-order valence-electron chi connectivity index (χ3n) is 4.48. The van der Waals surface area contributed by atoms with Gasteiger partial charge in [0.05, 0.1) is 10.6 Å². The first-order valence-electron chi connectivity index (χ1n) is 9.05. The van der Waals surface area contributed by atoms with E-state index in [1.54, 1.807) is 23.5 Å². The lowest BCUT2D eigenvalue weighted by Gasteiger charge is -2.21. The molecule has 152 valence electrons. The second-order valence-corrected chi connectivity index (χ2v) is 10.1. The van der Waals surface area contributed by atoms with Gasteiger partial charge >= 0.3 is 0 Å². The first-order valence-corrected chi connectivity index (χ1v) is 12.2. The summed E-state index contributed by atoms with van der Waals surface area (Å²) in [6, 6.07) is 6.40. The van der Waals surface area contributed by atoms with Crippen molar-refractivity contribution in [3.63, 3.8) is 0 Å². The fourth-order valence-electron chi connectivity index (χ4n) is 2.99. The zero-order chi connectivity index (χ0) is 20.1. The van der Waals surface area contributed by atoms with E-state index in [9.17, 15) is 13.2 Å². The maximum atomic E-state index is 12.5. The van der Waals surface area contributed by atoms with E-state index in [-0.39, 0.29) is 23.8 Å². The number of carbonyl (C=O) groups is 1. The Morgan fingerprint density at radius 1 is 1.21 bits per heavy atom. The number of aromatic nitrogens is 1. The molecular weight excluding hydrogens is 464 g/mol. The minimum Gasteiger partial charge on any atom is -0.346 e. The maximum absolute atomic E-state index is 12.5. The van der Waals surface area contributed by atoms with Crippen LogP contribution in [0, 0.1) is 6.92 Å². The zero-order valence-corrected chi connectivity index (χ0v) is 18.8. The van der Waals surface area contributed by atoms with Crippen LogP contribution >= 0.6 is 27.3 Å². The Morgan fingerprint density at radius 2 is 1.96 bits per heavy atom. The lowest BCUT2D eigenvalue weighted by molar-refractivity contribution is -0.130. The third kappa shape index (κ3) is 5.53. The van der Waals surface area contributed by atoms with E-state index in [1.165, 1.54) is 12.1 Å². The molecule has 2 heterocycles. The highest BCUT2D eigenvalue weighted by atomic mass is 79.9. The molecule has 1 amide bonds. The van der Waals surface area contributed by atoms with Crippen LogP contribution in [0.2, 0.25) is 0 Å². The molecule has 0 unspecified atom stereocenters. The van der Waals surface area contributed by atoms with Crippen molar-refractivity contribution in [3.8, 4) is 0 Å². The molecule has 1 aromatic heterocycles. The Labute approximate surface area is 177 Å². The summed E-state index contributed by atoms with van der Waals surface area (Å²) in [5.74, 6) is -0.0318. The number of benzene rings is 1. The van der Waals surface area contributed by atoms with Crippen LogP contribution in [0.5, 0.6) is 0 Å². The fourth-order valence-corrected chi connectivity index (χ4v) is 5.15. The van der Waals surface area contributed by atoms with Gasteiger partial charge in [-0.05, 0) is 37.6 Å². The molecule has 0 spiro atoms. The monoisotopic (exact) mass is 486 g/mol. The molecule has 0 aliphatic carbocycles. The summed E-state index contributed by atoms with van der Waals surface area (Å²) < 4.78 is 27.9. The molecule has 1 N–H and O–H groups in total. The fraction of sp³-hybridized carbons (Fsp3) is 0.444. The van der Waals surface area contributed by atoms with Crippen LogP contribution in [0.15, 0.2) is 39.0 Å². The van der Waals surface area contributed by atoms with Crippen molar-refractivity contribution in [2.75, 3.05) is 37.6 Å². The van der Waals surface area contributed by atoms with Crippen LogP contribution in [0.3, 0.4) is 0 Å². The van der Waals surface area contributed by atoms with Crippen LogP contribution in [0.25, 0.3) is 0 Å². The van der Waals surface area contributed by atoms with E-state index in [2.05, 4.69) is 30.5 Å². The molecule has 1 aliphatic rings. The molecule has 2 aromatic rings. The van der Waals surface area contributed by atoms with Gasteiger partial charge in [0.15, 0.2) is 5.13 Å². The van der Waals surface area contributed by atoms with Gasteiger partial charge in [-0.15, -0.1) is 11.3 Å². The van der Waals surface area contributed by atoms with Gasteiger partial charge < -0.3 is 9.80 Å². The van der Waals surface area contributed by atoms with Crippen molar-refractivity contribution in [2.24, 2.45) is 0 Å². The van der Waals surface area contributed by atoms with Crippen molar-refractivity contribution in [3.05, 3.63) is 39.8 Å². The number of amides is 1. The molecule has 1 aromatic carbocycles. The van der Waals surface area contributed by atoms with E-state index in [1.807, 2.05) is 17.2 Å². The van der Waals surface area contributed by atoms with E-state index < -0.39 is 10.0 Å². The molecule has 0 bridgehead atoms. The topological polar surface area (TPSA) is 82.6 Å². The summed E-state index contributed by atoms with van der Waals surface area (Å²) in [5, 5.41) is 3.02. The molecule has 1 saturated heterocycles. The number of aryl methyl sites for hydroxylation is 1. The van der Waals surface area contributed by atoms with Gasteiger partial charge in [-0.3, -0.25) is 4.79 Å². The second-order valence-electron chi connectivity index (χ2n) is 6.59. The lowest BCUT2D eigenvalue weighted by Crippen LogP contribution is -2.37. The molecule has 0 atom stereocenters. The number of sulfonamides is 1. The van der Waals surface area contributed by atoms with Gasteiger partial charge in [0, 0.05) is 49.0 Å². The summed E-state index contributed by atoms with van der Waals surface area (Å²) in [6.07, 6.45) is 1.01. The van der Waals surface area contributed by atoms with Crippen molar-refractivity contribution < 1.29 is 13.2 Å². The summed E-state index contributed by atoms with van der Waals surface area (Å²) in [6.45, 7) is 4.97. The SMILES string of the molecule is Cc1csc(N2CCCN(C(=O)CCNS(=O)(=O)c3ccc(Br)cc3)CC2)n1. The summed E-state index contributed by atoms with van der Waals surface area (Å²) in [5.41, 5.74) is 1.01. The first kappa shape index (κ1) is 21.2. The Bertz CT molecular complexity index is 915. The van der Waals surface area contributed by atoms with Crippen molar-refractivity contribution in [2.45, 2.75) is 24.7 Å². The summed E-state index contributed by atoms with van der Waals surface area (Å²) in [7, 11) is -3.61. The smallest absolute Gasteiger partial charge is 0.240 e. The van der Waals surface area contributed by atoms with Crippen LogP contribution in [-0.4, -0.2) is 56.9 Å².